The van der Waals surface area contributed by atoms with Crippen LogP contribution in [0.3, 0.4) is 0 Å². The van der Waals surface area contributed by atoms with E-state index >= 15 is 0 Å². The Morgan fingerprint density at radius 3 is 2.42 bits per heavy atom. The van der Waals surface area contributed by atoms with E-state index in [1.54, 1.807) is 49.7 Å². The molecule has 6 nitrogen and oxygen atoms in total. The molecule has 0 bridgehead atoms. The maximum atomic E-state index is 12.3. The molecule has 0 saturated heterocycles. The zero-order valence-corrected chi connectivity index (χ0v) is 14.1. The van der Waals surface area contributed by atoms with E-state index in [0.29, 0.717) is 11.3 Å². The third kappa shape index (κ3) is 3.97. The third-order valence-electron chi connectivity index (χ3n) is 3.67. The summed E-state index contributed by atoms with van der Waals surface area (Å²) >= 11 is 0. The highest BCUT2D eigenvalue weighted by Gasteiger charge is 2.10. The van der Waals surface area contributed by atoms with Crippen molar-refractivity contribution in [2.24, 2.45) is 0 Å². The van der Waals surface area contributed by atoms with Gasteiger partial charge in [0, 0.05) is 5.69 Å². The molecule has 1 heterocycles. The number of hydrogen-bond acceptors (Lipinski definition) is 5. The first kappa shape index (κ1) is 17.0. The van der Waals surface area contributed by atoms with Crippen molar-refractivity contribution in [3.63, 3.8) is 0 Å². The number of carbonyl (C=O) groups excluding carboxylic acids is 1. The molecule has 1 aromatic heterocycles. The number of benzene rings is 2. The Kier molecular flexibility index (Phi) is 5.11. The maximum Gasteiger partial charge on any atom is 0.274 e. The lowest BCUT2D eigenvalue weighted by Gasteiger charge is -2.09. The monoisotopic (exact) mass is 344 g/mol. The van der Waals surface area contributed by atoms with Gasteiger partial charge in [-0.3, -0.25) is 4.79 Å². The normalized spacial score (nSPS) is 9.85. The van der Waals surface area contributed by atoms with E-state index < -0.39 is 0 Å². The van der Waals surface area contributed by atoms with Crippen molar-refractivity contribution in [2.75, 3.05) is 17.7 Å². The molecule has 0 aliphatic heterocycles. The van der Waals surface area contributed by atoms with Gasteiger partial charge >= 0.3 is 0 Å². The molecule has 2 aromatic carbocycles. The number of pyridine rings is 1. The van der Waals surface area contributed by atoms with Crippen LogP contribution in [0.15, 0.2) is 66.9 Å². The number of anilines is 3. The summed E-state index contributed by atoms with van der Waals surface area (Å²) in [6.45, 7) is 0. The lowest BCUT2D eigenvalue weighted by atomic mass is 10.2. The van der Waals surface area contributed by atoms with Crippen molar-refractivity contribution in [2.45, 2.75) is 0 Å². The fourth-order valence-electron chi connectivity index (χ4n) is 2.32. The van der Waals surface area contributed by atoms with Crippen molar-refractivity contribution < 1.29 is 9.53 Å². The molecule has 6 heteroatoms. The van der Waals surface area contributed by atoms with Gasteiger partial charge in [0.25, 0.3) is 5.91 Å². The van der Waals surface area contributed by atoms with Crippen LogP contribution in [0.4, 0.5) is 17.1 Å². The molecule has 0 aliphatic rings. The van der Waals surface area contributed by atoms with E-state index in [1.165, 1.54) is 0 Å². The van der Waals surface area contributed by atoms with E-state index in [1.807, 2.05) is 30.3 Å². The topological polar surface area (TPSA) is 87.0 Å². The van der Waals surface area contributed by atoms with Crippen LogP contribution in [0.1, 0.15) is 16.1 Å². The molecule has 128 valence electrons. The van der Waals surface area contributed by atoms with Crippen molar-refractivity contribution >= 4 is 23.0 Å². The number of amides is 1. The van der Waals surface area contributed by atoms with Gasteiger partial charge in [-0.15, -0.1) is 0 Å². The van der Waals surface area contributed by atoms with Gasteiger partial charge in [-0.1, -0.05) is 12.1 Å². The van der Waals surface area contributed by atoms with Crippen LogP contribution in [0, 0.1) is 11.3 Å². The predicted molar refractivity (Wildman–Crippen MR) is 99.6 cm³/mol. The summed E-state index contributed by atoms with van der Waals surface area (Å²) in [6, 6.07) is 19.7. The highest BCUT2D eigenvalue weighted by atomic mass is 16.5. The van der Waals surface area contributed by atoms with E-state index in [4.69, 9.17) is 10.00 Å². The van der Waals surface area contributed by atoms with Gasteiger partial charge in [0.1, 0.15) is 17.5 Å². The molecule has 26 heavy (non-hydrogen) atoms. The standard InChI is InChI=1S/C20H16N4O2/c1-26-17-9-6-15(7-10-17)23-16-8-11-19(22-13-16)20(25)24-18-5-3-2-4-14(18)12-21/h2-11,13,23H,1H3,(H,24,25). The lowest BCUT2D eigenvalue weighted by molar-refractivity contribution is 0.102. The zero-order chi connectivity index (χ0) is 18.4. The molecule has 3 rings (SSSR count). The second-order valence-electron chi connectivity index (χ2n) is 5.40. The maximum absolute atomic E-state index is 12.3. The Labute approximate surface area is 151 Å². The van der Waals surface area contributed by atoms with Crippen LogP contribution in [0.25, 0.3) is 0 Å². The first-order chi connectivity index (χ1) is 12.7. The highest BCUT2D eigenvalue weighted by Crippen LogP contribution is 2.20. The molecule has 0 saturated carbocycles. The average Bonchev–Trinajstić information content (AvgIpc) is 2.69. The van der Waals surface area contributed by atoms with Gasteiger partial charge in [0.2, 0.25) is 0 Å². The van der Waals surface area contributed by atoms with Gasteiger partial charge in [0.05, 0.1) is 30.2 Å². The molecule has 0 unspecified atom stereocenters. The van der Waals surface area contributed by atoms with Crippen LogP contribution < -0.4 is 15.4 Å². The number of methoxy groups -OCH3 is 1. The number of nitrogens with zero attached hydrogens (tertiary/aromatic N) is 2. The van der Waals surface area contributed by atoms with Crippen molar-refractivity contribution in [1.82, 2.24) is 4.98 Å². The SMILES string of the molecule is COc1ccc(Nc2ccc(C(=O)Nc3ccccc3C#N)nc2)cc1. The molecular formula is C20H16N4O2. The second-order valence-corrected chi connectivity index (χ2v) is 5.40. The van der Waals surface area contributed by atoms with Crippen LogP contribution in [-0.4, -0.2) is 18.0 Å². The van der Waals surface area contributed by atoms with Crippen molar-refractivity contribution in [3.05, 3.63) is 78.1 Å². The molecule has 3 aromatic rings. The average molecular weight is 344 g/mol. The third-order valence-corrected chi connectivity index (χ3v) is 3.67. The van der Waals surface area contributed by atoms with Crippen LogP contribution in [0.2, 0.25) is 0 Å². The van der Waals surface area contributed by atoms with Gasteiger partial charge in [0.15, 0.2) is 0 Å². The number of carbonyl (C=O) groups is 1. The summed E-state index contributed by atoms with van der Waals surface area (Å²) < 4.78 is 5.12. The number of para-hydroxylation sites is 1. The molecule has 0 spiro atoms. The van der Waals surface area contributed by atoms with E-state index in [9.17, 15) is 4.79 Å². The summed E-state index contributed by atoms with van der Waals surface area (Å²) in [4.78, 5) is 16.5. The van der Waals surface area contributed by atoms with Crippen molar-refractivity contribution in [1.29, 1.82) is 5.26 Å². The van der Waals surface area contributed by atoms with Crippen LogP contribution in [0.5, 0.6) is 5.75 Å². The number of nitriles is 1. The Balaban J connectivity index is 1.68. The predicted octanol–water partition coefficient (Wildman–Crippen LogP) is 3.96. The molecular weight excluding hydrogens is 328 g/mol. The summed E-state index contributed by atoms with van der Waals surface area (Å²) in [7, 11) is 1.62. The van der Waals surface area contributed by atoms with Crippen LogP contribution in [-0.2, 0) is 0 Å². The number of hydrogen-bond donors (Lipinski definition) is 2. The number of ether oxygens (including phenoxy) is 1. The zero-order valence-electron chi connectivity index (χ0n) is 14.1. The minimum Gasteiger partial charge on any atom is -0.497 e. The minimum atomic E-state index is -0.372. The smallest absolute Gasteiger partial charge is 0.274 e. The van der Waals surface area contributed by atoms with Crippen molar-refractivity contribution in [3.8, 4) is 11.8 Å². The molecule has 0 aliphatic carbocycles. The quantitative estimate of drug-likeness (QED) is 0.731. The van der Waals surface area contributed by atoms with E-state index in [-0.39, 0.29) is 11.6 Å². The molecule has 0 fully saturated rings. The largest absolute Gasteiger partial charge is 0.497 e. The number of nitrogens with one attached hydrogen (secondary N) is 2. The fourth-order valence-corrected chi connectivity index (χ4v) is 2.32. The van der Waals surface area contributed by atoms with E-state index in [2.05, 4.69) is 15.6 Å². The molecule has 1 amide bonds. The summed E-state index contributed by atoms with van der Waals surface area (Å²) in [5.41, 5.74) is 2.76. The molecule has 2 N–H and O–H groups in total. The van der Waals surface area contributed by atoms with Gasteiger partial charge in [-0.05, 0) is 48.5 Å². The summed E-state index contributed by atoms with van der Waals surface area (Å²) in [5.74, 6) is 0.405. The Morgan fingerprint density at radius 2 is 1.77 bits per heavy atom. The molecule has 0 atom stereocenters. The first-order valence-corrected chi connectivity index (χ1v) is 7.87. The summed E-state index contributed by atoms with van der Waals surface area (Å²) in [5, 5.41) is 15.0. The first-order valence-electron chi connectivity index (χ1n) is 7.87. The lowest BCUT2D eigenvalue weighted by Crippen LogP contribution is -2.14. The molecule has 0 radical (unpaired) electrons. The second kappa shape index (κ2) is 7.81. The summed E-state index contributed by atoms with van der Waals surface area (Å²) in [6.07, 6.45) is 1.58. The van der Waals surface area contributed by atoms with E-state index in [0.717, 1.165) is 17.1 Å². The Hall–Kier alpha value is -3.85. The van der Waals surface area contributed by atoms with Gasteiger partial charge in [-0.2, -0.15) is 5.26 Å². The number of rotatable bonds is 5. The highest BCUT2D eigenvalue weighted by molar-refractivity contribution is 6.03. The Bertz CT molecular complexity index is 945. The van der Waals surface area contributed by atoms with Gasteiger partial charge < -0.3 is 15.4 Å². The van der Waals surface area contributed by atoms with Crippen LogP contribution >= 0.6 is 0 Å². The number of aromatic nitrogens is 1. The minimum absolute atomic E-state index is 0.262. The Morgan fingerprint density at radius 1 is 1.04 bits per heavy atom. The fraction of sp³-hybridized carbons (Fsp3) is 0.0500. The van der Waals surface area contributed by atoms with Gasteiger partial charge in [-0.25, -0.2) is 4.98 Å².